The van der Waals surface area contributed by atoms with Crippen LogP contribution in [-0.4, -0.2) is 60.2 Å². The van der Waals surface area contributed by atoms with Crippen LogP contribution in [0.25, 0.3) is 6.08 Å². The number of nitrogens with zero attached hydrogens (tertiary/aromatic N) is 2. The number of amides is 3. The topological polar surface area (TPSA) is 76.2 Å². The predicted octanol–water partition coefficient (Wildman–Crippen LogP) is 3.92. The van der Waals surface area contributed by atoms with E-state index in [2.05, 4.69) is 6.92 Å². The molecule has 1 aromatic carbocycles. The maximum absolute atomic E-state index is 12.7. The van der Waals surface area contributed by atoms with Gasteiger partial charge in [-0.1, -0.05) is 19.4 Å². The molecule has 0 saturated carbocycles. The predicted molar refractivity (Wildman–Crippen MR) is 117 cm³/mol. The highest BCUT2D eigenvalue weighted by atomic mass is 32.2. The van der Waals surface area contributed by atoms with Gasteiger partial charge in [-0.05, 0) is 61.2 Å². The highest BCUT2D eigenvalue weighted by Crippen LogP contribution is 2.34. The van der Waals surface area contributed by atoms with Crippen molar-refractivity contribution in [1.29, 1.82) is 0 Å². The van der Waals surface area contributed by atoms with E-state index in [1.54, 1.807) is 30.2 Å². The van der Waals surface area contributed by atoms with E-state index in [1.165, 1.54) is 0 Å². The third-order valence-electron chi connectivity index (χ3n) is 5.12. The van der Waals surface area contributed by atoms with Crippen molar-refractivity contribution in [1.82, 2.24) is 9.80 Å². The third-order valence-corrected chi connectivity index (χ3v) is 6.02. The van der Waals surface area contributed by atoms with E-state index in [4.69, 9.17) is 9.47 Å². The highest BCUT2D eigenvalue weighted by Gasteiger charge is 2.37. The largest absolute Gasteiger partial charge is 0.493 e. The van der Waals surface area contributed by atoms with Crippen LogP contribution in [0.2, 0.25) is 0 Å². The minimum absolute atomic E-state index is 0.173. The first-order valence-corrected chi connectivity index (χ1v) is 11.2. The number of unbranched alkanes of at least 4 members (excludes halogenated alkanes) is 1. The van der Waals surface area contributed by atoms with Gasteiger partial charge in [-0.2, -0.15) is 0 Å². The summed E-state index contributed by atoms with van der Waals surface area (Å²) in [5.74, 6) is 0.605. The van der Waals surface area contributed by atoms with E-state index in [0.717, 1.165) is 54.3 Å². The van der Waals surface area contributed by atoms with Crippen LogP contribution in [0.4, 0.5) is 4.79 Å². The molecule has 0 atom stereocenters. The lowest BCUT2D eigenvalue weighted by Gasteiger charge is -2.27. The minimum atomic E-state index is -0.433. The number of imide groups is 1. The summed E-state index contributed by atoms with van der Waals surface area (Å²) >= 11 is 0.856. The second kappa shape index (κ2) is 10.5. The van der Waals surface area contributed by atoms with Crippen molar-refractivity contribution in [3.8, 4) is 11.5 Å². The van der Waals surface area contributed by atoms with Gasteiger partial charge in [0.1, 0.15) is 6.54 Å². The lowest BCUT2D eigenvalue weighted by molar-refractivity contribution is -0.136. The fourth-order valence-corrected chi connectivity index (χ4v) is 4.22. The molecule has 0 aliphatic carbocycles. The van der Waals surface area contributed by atoms with Crippen molar-refractivity contribution in [3.05, 3.63) is 28.7 Å². The van der Waals surface area contributed by atoms with E-state index in [9.17, 15) is 14.4 Å². The zero-order valence-corrected chi connectivity index (χ0v) is 18.3. The van der Waals surface area contributed by atoms with Crippen LogP contribution in [-0.2, 0) is 9.59 Å². The Balaban J connectivity index is 1.69. The fourth-order valence-electron chi connectivity index (χ4n) is 3.39. The summed E-state index contributed by atoms with van der Waals surface area (Å²) in [5, 5.41) is -0.414. The molecule has 1 aromatic rings. The summed E-state index contributed by atoms with van der Waals surface area (Å²) in [5.41, 5.74) is 0.725. The van der Waals surface area contributed by atoms with Gasteiger partial charge >= 0.3 is 0 Å². The Morgan fingerprint density at radius 2 is 1.93 bits per heavy atom. The van der Waals surface area contributed by atoms with Gasteiger partial charge in [0.25, 0.3) is 11.1 Å². The molecule has 3 rings (SSSR count). The van der Waals surface area contributed by atoms with Gasteiger partial charge in [-0.3, -0.25) is 19.3 Å². The molecule has 3 amide bonds. The first-order valence-electron chi connectivity index (χ1n) is 10.4. The normalized spacial score (nSPS) is 18.3. The van der Waals surface area contributed by atoms with Gasteiger partial charge in [0.05, 0.1) is 18.6 Å². The van der Waals surface area contributed by atoms with Crippen molar-refractivity contribution in [2.45, 2.75) is 39.0 Å². The number of ether oxygens (including phenoxy) is 2. The van der Waals surface area contributed by atoms with Crippen LogP contribution in [0.1, 0.15) is 44.6 Å². The molecule has 30 heavy (non-hydrogen) atoms. The van der Waals surface area contributed by atoms with E-state index in [0.29, 0.717) is 36.1 Å². The first kappa shape index (κ1) is 22.2. The molecule has 2 aliphatic rings. The van der Waals surface area contributed by atoms with E-state index in [1.807, 2.05) is 6.07 Å². The SMILES string of the molecule is CCCCOc1ccc(/C=C2\SC(=O)N(CC(=O)N3CCCCC3)C2=O)cc1OC. The zero-order chi connectivity index (χ0) is 21.5. The summed E-state index contributed by atoms with van der Waals surface area (Å²) < 4.78 is 11.1. The number of carbonyl (C=O) groups excluding carboxylic acids is 3. The molecule has 0 spiro atoms. The van der Waals surface area contributed by atoms with Crippen molar-refractivity contribution >= 4 is 34.9 Å². The average Bonchev–Trinajstić information content (AvgIpc) is 3.02. The monoisotopic (exact) mass is 432 g/mol. The van der Waals surface area contributed by atoms with Crippen LogP contribution in [0.3, 0.4) is 0 Å². The van der Waals surface area contributed by atoms with Crippen LogP contribution in [0.5, 0.6) is 11.5 Å². The molecule has 7 nitrogen and oxygen atoms in total. The Morgan fingerprint density at radius 1 is 1.17 bits per heavy atom. The van der Waals surface area contributed by atoms with Crippen LogP contribution < -0.4 is 9.47 Å². The standard InChI is InChI=1S/C22H28N2O5S/c1-3-4-12-29-17-9-8-16(13-18(17)28-2)14-19-21(26)24(22(27)30-19)15-20(25)23-10-6-5-7-11-23/h8-9,13-14H,3-7,10-12,15H2,1-2H3/b19-14-. The number of hydrogen-bond acceptors (Lipinski definition) is 6. The summed E-state index contributed by atoms with van der Waals surface area (Å²) in [6, 6.07) is 5.38. The van der Waals surface area contributed by atoms with Gasteiger partial charge in [-0.15, -0.1) is 0 Å². The Bertz CT molecular complexity index is 833. The molecule has 0 N–H and O–H groups in total. The number of thioether (sulfide) groups is 1. The van der Waals surface area contributed by atoms with Crippen LogP contribution in [0.15, 0.2) is 23.1 Å². The quantitative estimate of drug-likeness (QED) is 0.458. The molecule has 162 valence electrons. The number of hydrogen-bond donors (Lipinski definition) is 0. The Hall–Kier alpha value is -2.48. The van der Waals surface area contributed by atoms with Gasteiger partial charge < -0.3 is 14.4 Å². The number of benzene rings is 1. The molecule has 0 radical (unpaired) electrons. The lowest BCUT2D eigenvalue weighted by atomic mass is 10.1. The van der Waals surface area contributed by atoms with E-state index >= 15 is 0 Å². The molecule has 2 aliphatic heterocycles. The third kappa shape index (κ3) is 5.36. The number of methoxy groups -OCH3 is 1. The number of likely N-dealkylation sites (tertiary alicyclic amines) is 1. The first-order chi connectivity index (χ1) is 14.5. The maximum Gasteiger partial charge on any atom is 0.294 e. The maximum atomic E-state index is 12.7. The smallest absolute Gasteiger partial charge is 0.294 e. The highest BCUT2D eigenvalue weighted by molar-refractivity contribution is 8.18. The lowest BCUT2D eigenvalue weighted by Crippen LogP contribution is -2.44. The van der Waals surface area contributed by atoms with E-state index < -0.39 is 11.1 Å². The number of piperidine rings is 1. The molecule has 0 bridgehead atoms. The minimum Gasteiger partial charge on any atom is -0.493 e. The van der Waals surface area contributed by atoms with Crippen LogP contribution in [0, 0.1) is 0 Å². The molecule has 0 unspecified atom stereocenters. The molecule has 2 saturated heterocycles. The Morgan fingerprint density at radius 3 is 2.63 bits per heavy atom. The number of carbonyl (C=O) groups is 3. The van der Waals surface area contributed by atoms with Crippen molar-refractivity contribution in [3.63, 3.8) is 0 Å². The summed E-state index contributed by atoms with van der Waals surface area (Å²) in [4.78, 5) is 40.6. The van der Waals surface area contributed by atoms with Gasteiger partial charge in [0.2, 0.25) is 5.91 Å². The van der Waals surface area contributed by atoms with Crippen molar-refractivity contribution in [2.75, 3.05) is 33.4 Å². The Kier molecular flexibility index (Phi) is 7.79. The molecular weight excluding hydrogens is 404 g/mol. The van der Waals surface area contributed by atoms with Crippen molar-refractivity contribution < 1.29 is 23.9 Å². The van der Waals surface area contributed by atoms with Gasteiger partial charge in [-0.25, -0.2) is 0 Å². The molecular formula is C22H28N2O5S. The molecule has 2 fully saturated rings. The second-order valence-corrected chi connectivity index (χ2v) is 8.31. The van der Waals surface area contributed by atoms with E-state index in [-0.39, 0.29) is 12.5 Å². The average molecular weight is 433 g/mol. The summed E-state index contributed by atoms with van der Waals surface area (Å²) in [6.07, 6.45) is 6.68. The Labute approximate surface area is 181 Å². The fraction of sp³-hybridized carbons (Fsp3) is 0.500. The molecule has 0 aromatic heterocycles. The van der Waals surface area contributed by atoms with Crippen molar-refractivity contribution in [2.24, 2.45) is 0 Å². The molecule has 8 heteroatoms. The zero-order valence-electron chi connectivity index (χ0n) is 17.5. The molecule has 2 heterocycles. The summed E-state index contributed by atoms with van der Waals surface area (Å²) in [6.45, 7) is 3.89. The summed E-state index contributed by atoms with van der Waals surface area (Å²) in [7, 11) is 1.56. The van der Waals surface area contributed by atoms with Gasteiger partial charge in [0.15, 0.2) is 11.5 Å². The second-order valence-electron chi connectivity index (χ2n) is 7.32. The number of rotatable bonds is 8. The van der Waals surface area contributed by atoms with Crippen LogP contribution >= 0.6 is 11.8 Å². The van der Waals surface area contributed by atoms with Gasteiger partial charge in [0, 0.05) is 13.1 Å².